The largest absolute Gasteiger partial charge is 0.497 e. The third-order valence-electron chi connectivity index (χ3n) is 5.80. The van der Waals surface area contributed by atoms with Crippen LogP contribution in [-0.2, 0) is 4.79 Å². The number of amides is 2. The lowest BCUT2D eigenvalue weighted by atomic mass is 9.86. The molecule has 2 atom stereocenters. The fraction of sp³-hybridized carbons (Fsp3) is 0.619. The molecule has 2 unspecified atom stereocenters. The lowest BCUT2D eigenvalue weighted by Gasteiger charge is -2.35. The Morgan fingerprint density at radius 3 is 2.59 bits per heavy atom. The highest BCUT2D eigenvalue weighted by molar-refractivity contribution is 5.94. The number of methoxy groups -OCH3 is 1. The number of carbonyl (C=O) groups is 2. The van der Waals surface area contributed by atoms with Gasteiger partial charge in [-0.1, -0.05) is 25.8 Å². The van der Waals surface area contributed by atoms with Crippen LogP contribution in [0.1, 0.15) is 43.0 Å². The van der Waals surface area contributed by atoms with E-state index in [1.807, 2.05) is 23.1 Å². The van der Waals surface area contributed by atoms with Gasteiger partial charge in [-0.2, -0.15) is 0 Å². The number of benzene rings is 1. The van der Waals surface area contributed by atoms with Crippen LogP contribution in [0.2, 0.25) is 0 Å². The summed E-state index contributed by atoms with van der Waals surface area (Å²) in [6, 6.07) is 7.57. The van der Waals surface area contributed by atoms with Gasteiger partial charge in [-0.3, -0.25) is 14.5 Å². The molecule has 1 heterocycles. The van der Waals surface area contributed by atoms with Crippen molar-refractivity contribution in [3.05, 3.63) is 29.8 Å². The molecule has 6 heteroatoms. The number of piperazine rings is 1. The molecule has 1 saturated heterocycles. The SMILES string of the molecule is COc1cccc(C(=O)N2CCN(CC(=O)NC3CCCCC3C)CC2)c1. The zero-order chi connectivity index (χ0) is 19.2. The van der Waals surface area contributed by atoms with Crippen molar-refractivity contribution in [1.82, 2.24) is 15.1 Å². The molecule has 0 radical (unpaired) electrons. The zero-order valence-corrected chi connectivity index (χ0v) is 16.4. The van der Waals surface area contributed by atoms with Gasteiger partial charge in [0.1, 0.15) is 5.75 Å². The van der Waals surface area contributed by atoms with Crippen molar-refractivity contribution in [2.75, 3.05) is 39.8 Å². The Hall–Kier alpha value is -2.08. The van der Waals surface area contributed by atoms with Crippen LogP contribution >= 0.6 is 0 Å². The number of carbonyl (C=O) groups excluding carboxylic acids is 2. The molecule has 0 aromatic heterocycles. The van der Waals surface area contributed by atoms with E-state index >= 15 is 0 Å². The van der Waals surface area contributed by atoms with Gasteiger partial charge in [-0.25, -0.2) is 0 Å². The normalized spacial score (nSPS) is 23.7. The Morgan fingerprint density at radius 1 is 1.15 bits per heavy atom. The summed E-state index contributed by atoms with van der Waals surface area (Å²) < 4.78 is 5.20. The maximum Gasteiger partial charge on any atom is 0.254 e. The summed E-state index contributed by atoms with van der Waals surface area (Å²) in [7, 11) is 1.60. The predicted octanol–water partition coefficient (Wildman–Crippen LogP) is 2.15. The highest BCUT2D eigenvalue weighted by Gasteiger charge is 2.26. The summed E-state index contributed by atoms with van der Waals surface area (Å²) in [5, 5.41) is 3.21. The molecule has 1 aromatic carbocycles. The topological polar surface area (TPSA) is 61.9 Å². The van der Waals surface area contributed by atoms with Crippen molar-refractivity contribution in [3.63, 3.8) is 0 Å². The first-order valence-corrected chi connectivity index (χ1v) is 10.0. The van der Waals surface area contributed by atoms with E-state index < -0.39 is 0 Å². The lowest BCUT2D eigenvalue weighted by Crippen LogP contribution is -2.52. The van der Waals surface area contributed by atoms with E-state index in [0.29, 0.717) is 42.9 Å². The Labute approximate surface area is 161 Å². The van der Waals surface area contributed by atoms with Crippen LogP contribution in [0.15, 0.2) is 24.3 Å². The van der Waals surface area contributed by atoms with Gasteiger partial charge in [0.05, 0.1) is 13.7 Å². The molecule has 2 fully saturated rings. The molecule has 0 spiro atoms. The molecule has 0 bridgehead atoms. The summed E-state index contributed by atoms with van der Waals surface area (Å²) in [5.74, 6) is 1.39. The fourth-order valence-electron chi connectivity index (χ4n) is 4.03. The Balaban J connectivity index is 1.45. The summed E-state index contributed by atoms with van der Waals surface area (Å²) in [5.41, 5.74) is 0.645. The molecule has 1 aromatic rings. The average Bonchev–Trinajstić information content (AvgIpc) is 2.70. The van der Waals surface area contributed by atoms with Crippen LogP contribution < -0.4 is 10.1 Å². The molecule has 2 amide bonds. The van der Waals surface area contributed by atoms with Gasteiger partial charge >= 0.3 is 0 Å². The highest BCUT2D eigenvalue weighted by atomic mass is 16.5. The first-order valence-electron chi connectivity index (χ1n) is 10.0. The summed E-state index contributed by atoms with van der Waals surface area (Å²) in [4.78, 5) is 29.0. The number of hydrogen-bond donors (Lipinski definition) is 1. The molecule has 27 heavy (non-hydrogen) atoms. The molecule has 1 N–H and O–H groups in total. The molecular formula is C21H31N3O3. The minimum absolute atomic E-state index is 0.0223. The third kappa shape index (κ3) is 5.22. The van der Waals surface area contributed by atoms with E-state index in [4.69, 9.17) is 4.74 Å². The van der Waals surface area contributed by atoms with Gasteiger partial charge in [0, 0.05) is 37.8 Å². The first kappa shape index (κ1) is 19.7. The Kier molecular flexibility index (Phi) is 6.72. The van der Waals surface area contributed by atoms with Gasteiger partial charge in [0.25, 0.3) is 5.91 Å². The summed E-state index contributed by atoms with van der Waals surface area (Å²) >= 11 is 0. The summed E-state index contributed by atoms with van der Waals surface area (Å²) in [6.07, 6.45) is 4.78. The number of hydrogen-bond acceptors (Lipinski definition) is 4. The predicted molar refractivity (Wildman–Crippen MR) is 105 cm³/mol. The standard InChI is InChI=1S/C21H31N3O3/c1-16-6-3-4-9-19(16)22-20(25)15-23-10-12-24(13-11-23)21(26)17-7-5-8-18(14-17)27-2/h5,7-8,14,16,19H,3-4,6,9-13,15H2,1-2H3,(H,22,25). The van der Waals surface area contributed by atoms with Crippen LogP contribution in [0.25, 0.3) is 0 Å². The molecule has 3 rings (SSSR count). The second kappa shape index (κ2) is 9.22. The van der Waals surface area contributed by atoms with Gasteiger partial charge in [0.2, 0.25) is 5.91 Å². The van der Waals surface area contributed by atoms with Crippen LogP contribution in [0.4, 0.5) is 0 Å². The van der Waals surface area contributed by atoms with Gasteiger partial charge in [-0.15, -0.1) is 0 Å². The number of nitrogens with zero attached hydrogens (tertiary/aromatic N) is 2. The van der Waals surface area contributed by atoms with Crippen molar-refractivity contribution in [1.29, 1.82) is 0 Å². The lowest BCUT2D eigenvalue weighted by molar-refractivity contribution is -0.123. The second-order valence-electron chi connectivity index (χ2n) is 7.74. The minimum atomic E-state index is 0.0223. The second-order valence-corrected chi connectivity index (χ2v) is 7.74. The van der Waals surface area contributed by atoms with E-state index in [-0.39, 0.29) is 11.8 Å². The van der Waals surface area contributed by atoms with E-state index in [0.717, 1.165) is 19.5 Å². The fourth-order valence-corrected chi connectivity index (χ4v) is 4.03. The number of rotatable bonds is 5. The molecule has 2 aliphatic rings. The third-order valence-corrected chi connectivity index (χ3v) is 5.80. The van der Waals surface area contributed by atoms with Crippen LogP contribution in [0, 0.1) is 5.92 Å². The maximum atomic E-state index is 12.7. The van der Waals surface area contributed by atoms with Crippen LogP contribution in [-0.4, -0.2) is 67.5 Å². The molecular weight excluding hydrogens is 342 g/mol. The smallest absolute Gasteiger partial charge is 0.254 e. The van der Waals surface area contributed by atoms with Gasteiger partial charge in [-0.05, 0) is 37.0 Å². The Morgan fingerprint density at radius 2 is 1.89 bits per heavy atom. The van der Waals surface area contributed by atoms with E-state index in [2.05, 4.69) is 17.1 Å². The molecule has 148 valence electrons. The van der Waals surface area contributed by atoms with E-state index in [1.165, 1.54) is 19.3 Å². The average molecular weight is 373 g/mol. The minimum Gasteiger partial charge on any atom is -0.497 e. The van der Waals surface area contributed by atoms with Crippen molar-refractivity contribution in [2.45, 2.75) is 38.6 Å². The molecule has 1 aliphatic carbocycles. The van der Waals surface area contributed by atoms with E-state index in [1.54, 1.807) is 13.2 Å². The summed E-state index contributed by atoms with van der Waals surface area (Å²) in [6.45, 7) is 5.39. The highest BCUT2D eigenvalue weighted by Crippen LogP contribution is 2.23. The van der Waals surface area contributed by atoms with Crippen molar-refractivity contribution in [3.8, 4) is 5.75 Å². The molecule has 1 saturated carbocycles. The zero-order valence-electron chi connectivity index (χ0n) is 16.4. The molecule has 1 aliphatic heterocycles. The maximum absolute atomic E-state index is 12.7. The van der Waals surface area contributed by atoms with Crippen LogP contribution in [0.5, 0.6) is 5.75 Å². The van der Waals surface area contributed by atoms with Crippen molar-refractivity contribution >= 4 is 11.8 Å². The first-order chi connectivity index (χ1) is 13.1. The molecule has 6 nitrogen and oxygen atoms in total. The number of nitrogens with one attached hydrogen (secondary N) is 1. The van der Waals surface area contributed by atoms with Crippen molar-refractivity contribution in [2.24, 2.45) is 5.92 Å². The van der Waals surface area contributed by atoms with Gasteiger partial charge < -0.3 is 15.0 Å². The Bertz CT molecular complexity index is 656. The van der Waals surface area contributed by atoms with Crippen LogP contribution in [0.3, 0.4) is 0 Å². The monoisotopic (exact) mass is 373 g/mol. The quantitative estimate of drug-likeness (QED) is 0.859. The van der Waals surface area contributed by atoms with Gasteiger partial charge in [0.15, 0.2) is 0 Å². The van der Waals surface area contributed by atoms with E-state index in [9.17, 15) is 9.59 Å². The van der Waals surface area contributed by atoms with Crippen molar-refractivity contribution < 1.29 is 14.3 Å². The number of ether oxygens (including phenoxy) is 1.